The third-order valence-electron chi connectivity index (χ3n) is 9.56. The lowest BCUT2D eigenvalue weighted by Crippen LogP contribution is -2.62. The van der Waals surface area contributed by atoms with Crippen LogP contribution in [0.4, 0.5) is 0 Å². The van der Waals surface area contributed by atoms with Gasteiger partial charge in [0.25, 0.3) is 0 Å². The Bertz CT molecular complexity index is 991. The number of hydrogen-bond acceptors (Lipinski definition) is 2. The van der Waals surface area contributed by atoms with E-state index in [0.29, 0.717) is 29.7 Å². The number of ether oxygens (including phenoxy) is 1. The van der Waals surface area contributed by atoms with Crippen molar-refractivity contribution in [2.45, 2.75) is 56.2 Å². The van der Waals surface area contributed by atoms with Crippen LogP contribution in [0.25, 0.3) is 0 Å². The lowest BCUT2D eigenvalue weighted by Gasteiger charge is -2.54. The molecule has 1 amide bonds. The maximum Gasteiger partial charge on any atom is 0.228 e. The van der Waals surface area contributed by atoms with Crippen LogP contribution in [0.15, 0.2) is 60.7 Å². The molecule has 2 aromatic rings. The number of nitrogens with zero attached hydrogens (tertiary/aromatic N) is 1. The number of rotatable bonds is 2. The maximum atomic E-state index is 14.2. The Hall–Kier alpha value is -2.13. The highest BCUT2D eigenvalue weighted by molar-refractivity contribution is 5.84. The third kappa shape index (κ3) is 2.42. The first-order chi connectivity index (χ1) is 15.3. The topological polar surface area (TPSA) is 29.5 Å². The first-order valence-corrected chi connectivity index (χ1v) is 12.3. The van der Waals surface area contributed by atoms with Gasteiger partial charge in [-0.25, -0.2) is 0 Å². The molecular weight excluding hydrogens is 382 g/mol. The molecule has 0 spiro atoms. The highest BCUT2D eigenvalue weighted by atomic mass is 16.5. The number of benzene rings is 2. The second-order valence-corrected chi connectivity index (χ2v) is 10.7. The minimum Gasteiger partial charge on any atom is -0.350 e. The fraction of sp³-hybridized carbons (Fsp3) is 0.536. The van der Waals surface area contributed by atoms with E-state index < -0.39 is 5.72 Å². The van der Waals surface area contributed by atoms with E-state index in [1.807, 2.05) is 0 Å². The van der Waals surface area contributed by atoms with Crippen molar-refractivity contribution in [1.29, 1.82) is 0 Å². The molecule has 160 valence electrons. The Labute approximate surface area is 184 Å². The molecule has 5 fully saturated rings. The van der Waals surface area contributed by atoms with Gasteiger partial charge in [-0.05, 0) is 61.8 Å². The van der Waals surface area contributed by atoms with Crippen LogP contribution in [0, 0.1) is 29.6 Å². The molecule has 3 aliphatic carbocycles. The van der Waals surface area contributed by atoms with Gasteiger partial charge in [0.05, 0.1) is 6.61 Å². The summed E-state index contributed by atoms with van der Waals surface area (Å²) < 4.78 is 6.93. The minimum atomic E-state index is -0.545. The molecule has 2 heterocycles. The van der Waals surface area contributed by atoms with Gasteiger partial charge in [-0.2, -0.15) is 0 Å². The summed E-state index contributed by atoms with van der Waals surface area (Å²) >= 11 is 0. The van der Waals surface area contributed by atoms with Crippen molar-refractivity contribution >= 4 is 5.91 Å². The Balaban J connectivity index is 1.32. The van der Waals surface area contributed by atoms with Gasteiger partial charge in [0.2, 0.25) is 5.91 Å². The van der Waals surface area contributed by atoms with Crippen LogP contribution < -0.4 is 0 Å². The molecule has 2 saturated heterocycles. The van der Waals surface area contributed by atoms with E-state index in [-0.39, 0.29) is 11.8 Å². The summed E-state index contributed by atoms with van der Waals surface area (Å²) in [5.41, 5.74) is 2.05. The van der Waals surface area contributed by atoms with Crippen LogP contribution >= 0.6 is 0 Å². The summed E-state index contributed by atoms with van der Waals surface area (Å²) in [6.45, 7) is 0.829. The van der Waals surface area contributed by atoms with Crippen LogP contribution in [0.5, 0.6) is 0 Å². The van der Waals surface area contributed by atoms with Crippen molar-refractivity contribution < 1.29 is 9.53 Å². The van der Waals surface area contributed by atoms with Crippen molar-refractivity contribution in [2.24, 2.45) is 29.6 Å². The standard InChI is InChI=1S/C28H31NO2/c30-27-23-16-19(18-7-3-1-4-8-18)13-14-25(23)28(22-9-5-2-6-10-22)29(27)26-21-12-11-20(15-21)24(26)17-31-28/h1-10,19-21,23-26H,11-17H2/t19-,20-,21+,23+,24-,25+,26+,28-/m0/s1. The van der Waals surface area contributed by atoms with Crippen LogP contribution in [0.3, 0.4) is 0 Å². The van der Waals surface area contributed by atoms with Gasteiger partial charge in [-0.3, -0.25) is 4.79 Å². The summed E-state index contributed by atoms with van der Waals surface area (Å²) in [6, 6.07) is 22.0. The highest BCUT2D eigenvalue weighted by Gasteiger charge is 2.69. The van der Waals surface area contributed by atoms with E-state index in [1.165, 1.54) is 30.4 Å². The largest absolute Gasteiger partial charge is 0.350 e. The molecule has 0 N–H and O–H groups in total. The number of carbonyl (C=O) groups is 1. The molecular formula is C28H31NO2. The van der Waals surface area contributed by atoms with Crippen molar-refractivity contribution in [1.82, 2.24) is 4.90 Å². The number of hydrogen-bond donors (Lipinski definition) is 0. The Kier molecular flexibility index (Phi) is 3.98. The molecule has 3 nitrogen and oxygen atoms in total. The Morgan fingerprint density at radius 2 is 1.58 bits per heavy atom. The lowest BCUT2D eigenvalue weighted by molar-refractivity contribution is -0.243. The summed E-state index contributed by atoms with van der Waals surface area (Å²) in [5, 5.41) is 0. The Morgan fingerprint density at radius 1 is 0.839 bits per heavy atom. The van der Waals surface area contributed by atoms with Gasteiger partial charge in [0.1, 0.15) is 0 Å². The maximum absolute atomic E-state index is 14.2. The first-order valence-electron chi connectivity index (χ1n) is 12.3. The summed E-state index contributed by atoms with van der Waals surface area (Å²) in [7, 11) is 0. The fourth-order valence-electron chi connectivity index (χ4n) is 8.36. The average molecular weight is 414 g/mol. The molecule has 7 rings (SSSR count). The molecule has 2 bridgehead atoms. The zero-order valence-corrected chi connectivity index (χ0v) is 18.0. The van der Waals surface area contributed by atoms with Crippen molar-refractivity contribution in [3.8, 4) is 0 Å². The zero-order valence-electron chi connectivity index (χ0n) is 18.0. The molecule has 3 heteroatoms. The predicted molar refractivity (Wildman–Crippen MR) is 119 cm³/mol. The van der Waals surface area contributed by atoms with E-state index in [2.05, 4.69) is 65.6 Å². The van der Waals surface area contributed by atoms with Gasteiger partial charge >= 0.3 is 0 Å². The molecule has 0 aromatic heterocycles. The van der Waals surface area contributed by atoms with Gasteiger partial charge in [0, 0.05) is 29.4 Å². The van der Waals surface area contributed by atoms with Gasteiger partial charge in [-0.1, -0.05) is 60.7 Å². The van der Waals surface area contributed by atoms with E-state index in [9.17, 15) is 4.79 Å². The lowest BCUT2D eigenvalue weighted by atomic mass is 9.68. The Morgan fingerprint density at radius 3 is 2.39 bits per heavy atom. The second kappa shape index (κ2) is 6.68. The molecule has 2 aromatic carbocycles. The molecule has 3 saturated carbocycles. The van der Waals surface area contributed by atoms with Crippen LogP contribution in [0.1, 0.15) is 55.6 Å². The van der Waals surface area contributed by atoms with E-state index in [1.54, 1.807) is 0 Å². The molecule has 5 aliphatic rings. The summed E-state index contributed by atoms with van der Waals surface area (Å²) in [5.74, 6) is 3.20. The average Bonchev–Trinajstić information content (AvgIpc) is 3.52. The van der Waals surface area contributed by atoms with E-state index in [4.69, 9.17) is 4.74 Å². The second-order valence-electron chi connectivity index (χ2n) is 10.7. The third-order valence-corrected chi connectivity index (χ3v) is 9.56. The number of fused-ring (bicyclic) bond motifs is 9. The van der Waals surface area contributed by atoms with Gasteiger partial charge in [-0.15, -0.1) is 0 Å². The smallest absolute Gasteiger partial charge is 0.228 e. The fourth-order valence-corrected chi connectivity index (χ4v) is 8.36. The van der Waals surface area contributed by atoms with Gasteiger partial charge < -0.3 is 9.64 Å². The van der Waals surface area contributed by atoms with Crippen molar-refractivity contribution in [3.05, 3.63) is 71.8 Å². The zero-order chi connectivity index (χ0) is 20.6. The molecule has 8 atom stereocenters. The number of amides is 1. The summed E-state index contributed by atoms with van der Waals surface area (Å²) in [6.07, 6.45) is 7.10. The SMILES string of the molecule is O=C1[C@@H]2C[C@@H](c3ccccc3)CC[C@H]2[C@]2(c3ccccc3)OC[C@H]3[C@H]4CC[C@H](C4)[C@H]3N12. The van der Waals surface area contributed by atoms with Crippen LogP contribution in [0.2, 0.25) is 0 Å². The quantitative estimate of drug-likeness (QED) is 0.666. The minimum absolute atomic E-state index is 0.0806. The molecule has 0 radical (unpaired) electrons. The summed E-state index contributed by atoms with van der Waals surface area (Å²) in [4.78, 5) is 16.5. The normalized spacial score (nSPS) is 42.9. The molecule has 0 unspecified atom stereocenters. The number of carbonyl (C=O) groups excluding carboxylic acids is 1. The van der Waals surface area contributed by atoms with Crippen molar-refractivity contribution in [2.75, 3.05) is 6.61 Å². The molecule has 2 aliphatic heterocycles. The van der Waals surface area contributed by atoms with E-state index in [0.717, 1.165) is 31.8 Å². The van der Waals surface area contributed by atoms with Crippen LogP contribution in [-0.2, 0) is 15.3 Å². The van der Waals surface area contributed by atoms with Crippen LogP contribution in [-0.4, -0.2) is 23.5 Å². The van der Waals surface area contributed by atoms with Gasteiger partial charge in [0.15, 0.2) is 5.72 Å². The first kappa shape index (κ1) is 18.4. The van der Waals surface area contributed by atoms with Crippen molar-refractivity contribution in [3.63, 3.8) is 0 Å². The molecule has 31 heavy (non-hydrogen) atoms. The predicted octanol–water partition coefficient (Wildman–Crippen LogP) is 5.33. The highest BCUT2D eigenvalue weighted by Crippen LogP contribution is 2.63. The van der Waals surface area contributed by atoms with E-state index >= 15 is 0 Å². The monoisotopic (exact) mass is 413 g/mol.